The van der Waals surface area contributed by atoms with Gasteiger partial charge >= 0.3 is 0 Å². The van der Waals surface area contributed by atoms with E-state index >= 15 is 0 Å². The van der Waals surface area contributed by atoms with Crippen molar-refractivity contribution in [3.05, 3.63) is 26.8 Å². The molecule has 2 nitrogen and oxygen atoms in total. The molecule has 4 heteroatoms. The minimum absolute atomic E-state index is 0.517. The van der Waals surface area contributed by atoms with Crippen LogP contribution in [0, 0.1) is 9.49 Å². The van der Waals surface area contributed by atoms with E-state index < -0.39 is 0 Å². The van der Waals surface area contributed by atoms with Gasteiger partial charge in [-0.05, 0) is 66.1 Å². The maximum Gasteiger partial charge on any atom is 0.0479 e. The van der Waals surface area contributed by atoms with Crippen LogP contribution < -0.4 is 11.1 Å². The Kier molecular flexibility index (Phi) is 4.94. The van der Waals surface area contributed by atoms with Crippen LogP contribution in [0.2, 0.25) is 5.02 Å². The van der Waals surface area contributed by atoms with Crippen molar-refractivity contribution in [2.45, 2.75) is 31.7 Å². The highest BCUT2D eigenvalue weighted by Gasteiger charge is 2.24. The second-order valence-electron chi connectivity index (χ2n) is 4.66. The zero-order valence-electron chi connectivity index (χ0n) is 9.76. The van der Waals surface area contributed by atoms with Crippen LogP contribution in [0.5, 0.6) is 0 Å². The van der Waals surface area contributed by atoms with Crippen molar-refractivity contribution >= 4 is 39.9 Å². The highest BCUT2D eigenvalue weighted by atomic mass is 127. The molecule has 0 aliphatic heterocycles. The van der Waals surface area contributed by atoms with E-state index in [0.717, 1.165) is 11.6 Å². The summed E-state index contributed by atoms with van der Waals surface area (Å²) in [6, 6.07) is 6.51. The summed E-state index contributed by atoms with van der Waals surface area (Å²) in [5.41, 5.74) is 7.03. The molecule has 0 amide bonds. The molecule has 1 aliphatic rings. The highest BCUT2D eigenvalue weighted by Crippen LogP contribution is 2.29. The topological polar surface area (TPSA) is 38.0 Å². The second-order valence-corrected chi connectivity index (χ2v) is 6.25. The zero-order valence-corrected chi connectivity index (χ0v) is 12.7. The Hall–Kier alpha value is -0.000000000000000111. The number of hydrogen-bond donors (Lipinski definition) is 2. The third-order valence-electron chi connectivity index (χ3n) is 3.48. The van der Waals surface area contributed by atoms with Crippen molar-refractivity contribution in [1.82, 2.24) is 0 Å². The number of hydrogen-bond acceptors (Lipinski definition) is 2. The van der Waals surface area contributed by atoms with E-state index in [9.17, 15) is 0 Å². The van der Waals surface area contributed by atoms with Gasteiger partial charge in [0.15, 0.2) is 0 Å². The third-order valence-corrected chi connectivity index (χ3v) is 4.61. The predicted octanol–water partition coefficient (Wildman–Crippen LogP) is 3.87. The molecule has 0 aromatic heterocycles. The lowest BCUT2D eigenvalue weighted by molar-refractivity contribution is 0.332. The highest BCUT2D eigenvalue weighted by molar-refractivity contribution is 14.1. The Labute approximate surface area is 121 Å². The van der Waals surface area contributed by atoms with Gasteiger partial charge in [0, 0.05) is 20.3 Å². The smallest absolute Gasteiger partial charge is 0.0479 e. The third kappa shape index (κ3) is 3.48. The van der Waals surface area contributed by atoms with E-state index in [4.69, 9.17) is 17.3 Å². The van der Waals surface area contributed by atoms with Crippen molar-refractivity contribution in [2.24, 2.45) is 11.7 Å². The average Bonchev–Trinajstić information content (AvgIpc) is 2.33. The first kappa shape index (κ1) is 13.4. The Bertz CT molecular complexity index is 384. The normalized spacial score (nSPS) is 24.6. The Balaban J connectivity index is 2.08. The monoisotopic (exact) mass is 364 g/mol. The standard InChI is InChI=1S/C13H18ClIN2/c14-10-5-6-13(11(15)7-10)17-12-4-2-1-3-9(12)8-16/h5-7,9,12,17H,1-4,8,16H2. The predicted molar refractivity (Wildman–Crippen MR) is 82.6 cm³/mol. The number of benzene rings is 1. The molecule has 1 aromatic carbocycles. The fourth-order valence-corrected chi connectivity index (χ4v) is 3.51. The fraction of sp³-hybridized carbons (Fsp3) is 0.538. The summed E-state index contributed by atoms with van der Waals surface area (Å²) in [4.78, 5) is 0. The van der Waals surface area contributed by atoms with Crippen molar-refractivity contribution in [1.29, 1.82) is 0 Å². The number of nitrogens with one attached hydrogen (secondary N) is 1. The van der Waals surface area contributed by atoms with Gasteiger partial charge in [0.25, 0.3) is 0 Å². The quantitative estimate of drug-likeness (QED) is 0.799. The van der Waals surface area contributed by atoms with E-state index in [2.05, 4.69) is 34.0 Å². The van der Waals surface area contributed by atoms with Crippen LogP contribution in [0.15, 0.2) is 18.2 Å². The zero-order chi connectivity index (χ0) is 12.3. The second kappa shape index (κ2) is 6.25. The van der Waals surface area contributed by atoms with Crippen molar-refractivity contribution < 1.29 is 0 Å². The molecule has 3 N–H and O–H groups in total. The van der Waals surface area contributed by atoms with Gasteiger partial charge in [-0.1, -0.05) is 24.4 Å². The SMILES string of the molecule is NCC1CCCCC1Nc1ccc(Cl)cc1I. The molecule has 1 saturated carbocycles. The van der Waals surface area contributed by atoms with Crippen molar-refractivity contribution in [3.8, 4) is 0 Å². The molecule has 2 rings (SSSR count). The van der Waals surface area contributed by atoms with E-state index in [1.165, 1.54) is 34.9 Å². The van der Waals surface area contributed by atoms with Crippen LogP contribution in [0.25, 0.3) is 0 Å². The van der Waals surface area contributed by atoms with Gasteiger partial charge in [0.1, 0.15) is 0 Å². The summed E-state index contributed by atoms with van der Waals surface area (Å²) in [7, 11) is 0. The minimum Gasteiger partial charge on any atom is -0.381 e. The maximum atomic E-state index is 5.96. The van der Waals surface area contributed by atoms with Crippen LogP contribution >= 0.6 is 34.2 Å². The lowest BCUT2D eigenvalue weighted by Crippen LogP contribution is -2.36. The average molecular weight is 365 g/mol. The summed E-state index contributed by atoms with van der Waals surface area (Å²) >= 11 is 8.29. The lowest BCUT2D eigenvalue weighted by atomic mass is 9.84. The van der Waals surface area contributed by atoms with Crippen molar-refractivity contribution in [2.75, 3.05) is 11.9 Å². The van der Waals surface area contributed by atoms with Gasteiger partial charge in [0.2, 0.25) is 0 Å². The van der Waals surface area contributed by atoms with Crippen LogP contribution in [-0.4, -0.2) is 12.6 Å². The lowest BCUT2D eigenvalue weighted by Gasteiger charge is -2.32. The molecule has 0 radical (unpaired) electrons. The molecule has 2 unspecified atom stereocenters. The van der Waals surface area contributed by atoms with E-state index in [1.807, 2.05) is 12.1 Å². The van der Waals surface area contributed by atoms with E-state index in [0.29, 0.717) is 12.0 Å². The van der Waals surface area contributed by atoms with Gasteiger partial charge in [-0.25, -0.2) is 0 Å². The van der Waals surface area contributed by atoms with Gasteiger partial charge in [-0.3, -0.25) is 0 Å². The maximum absolute atomic E-state index is 5.96. The van der Waals surface area contributed by atoms with E-state index in [1.54, 1.807) is 0 Å². The van der Waals surface area contributed by atoms with Crippen molar-refractivity contribution in [3.63, 3.8) is 0 Å². The van der Waals surface area contributed by atoms with Crippen LogP contribution in [0.3, 0.4) is 0 Å². The van der Waals surface area contributed by atoms with E-state index in [-0.39, 0.29) is 0 Å². The molecule has 94 valence electrons. The first-order valence-electron chi connectivity index (χ1n) is 6.12. The summed E-state index contributed by atoms with van der Waals surface area (Å²) in [5.74, 6) is 0.607. The Morgan fingerprint density at radius 3 is 2.82 bits per heavy atom. The summed E-state index contributed by atoms with van der Waals surface area (Å²) in [6.07, 6.45) is 5.09. The van der Waals surface area contributed by atoms with Crippen LogP contribution in [0.1, 0.15) is 25.7 Å². The molecule has 0 spiro atoms. The molecule has 1 aliphatic carbocycles. The minimum atomic E-state index is 0.517. The summed E-state index contributed by atoms with van der Waals surface area (Å²) in [5, 5.41) is 4.42. The molecule has 0 saturated heterocycles. The largest absolute Gasteiger partial charge is 0.381 e. The number of anilines is 1. The molecular formula is C13H18ClIN2. The van der Waals surface area contributed by atoms with Gasteiger partial charge in [-0.15, -0.1) is 0 Å². The Morgan fingerprint density at radius 1 is 1.35 bits per heavy atom. The molecule has 0 bridgehead atoms. The number of nitrogens with two attached hydrogens (primary N) is 1. The fourth-order valence-electron chi connectivity index (χ4n) is 2.49. The summed E-state index contributed by atoms with van der Waals surface area (Å²) < 4.78 is 1.18. The molecule has 0 heterocycles. The molecule has 1 aromatic rings. The van der Waals surface area contributed by atoms with Crippen LogP contribution in [0.4, 0.5) is 5.69 Å². The summed E-state index contributed by atoms with van der Waals surface area (Å²) in [6.45, 7) is 0.780. The van der Waals surface area contributed by atoms with Gasteiger partial charge in [-0.2, -0.15) is 0 Å². The molecule has 17 heavy (non-hydrogen) atoms. The van der Waals surface area contributed by atoms with Gasteiger partial charge in [0.05, 0.1) is 0 Å². The van der Waals surface area contributed by atoms with Gasteiger partial charge < -0.3 is 11.1 Å². The first-order chi connectivity index (χ1) is 8.20. The number of rotatable bonds is 3. The molecule has 1 fully saturated rings. The van der Waals surface area contributed by atoms with Crippen LogP contribution in [-0.2, 0) is 0 Å². The number of halogens is 2. The molecular weight excluding hydrogens is 347 g/mol. The Morgan fingerprint density at radius 2 is 2.12 bits per heavy atom. The molecule has 2 atom stereocenters. The first-order valence-corrected chi connectivity index (χ1v) is 7.58.